The summed E-state index contributed by atoms with van der Waals surface area (Å²) in [5.41, 5.74) is 1.30. The zero-order valence-electron chi connectivity index (χ0n) is 14.1. The SMILES string of the molecule is COC(=O)Cc1csc2cc(B3OC(C)(C)C(C)(C)O3)ccc12. The molecule has 0 atom stereocenters. The number of carbonyl (C=O) groups is 1. The summed E-state index contributed by atoms with van der Waals surface area (Å²) in [6.45, 7) is 8.19. The van der Waals surface area contributed by atoms with E-state index < -0.39 is 0 Å². The van der Waals surface area contributed by atoms with Crippen molar-refractivity contribution in [2.45, 2.75) is 45.3 Å². The lowest BCUT2D eigenvalue weighted by atomic mass is 9.79. The van der Waals surface area contributed by atoms with Gasteiger partial charge < -0.3 is 14.0 Å². The first-order chi connectivity index (χ1) is 10.7. The van der Waals surface area contributed by atoms with Crippen LogP contribution < -0.4 is 5.46 Å². The number of carbonyl (C=O) groups excluding carboxylic acids is 1. The zero-order chi connectivity index (χ0) is 16.8. The van der Waals surface area contributed by atoms with Crippen LogP contribution in [0.5, 0.6) is 0 Å². The molecule has 0 saturated carbocycles. The zero-order valence-corrected chi connectivity index (χ0v) is 15.0. The molecule has 0 amide bonds. The first kappa shape index (κ1) is 16.5. The lowest BCUT2D eigenvalue weighted by Gasteiger charge is -2.32. The van der Waals surface area contributed by atoms with Gasteiger partial charge >= 0.3 is 13.1 Å². The molecule has 1 aromatic heterocycles. The van der Waals surface area contributed by atoms with E-state index in [0.717, 1.165) is 21.1 Å². The van der Waals surface area contributed by atoms with E-state index in [1.165, 1.54) is 7.11 Å². The Bertz CT molecular complexity index is 734. The molecule has 2 aromatic rings. The van der Waals surface area contributed by atoms with Crippen molar-refractivity contribution in [1.82, 2.24) is 0 Å². The normalized spacial score (nSPS) is 19.3. The second-order valence-electron chi connectivity index (χ2n) is 6.86. The third-order valence-corrected chi connectivity index (χ3v) is 5.76. The van der Waals surface area contributed by atoms with Crippen molar-refractivity contribution >= 4 is 40.0 Å². The van der Waals surface area contributed by atoms with Crippen LogP contribution in [0.3, 0.4) is 0 Å². The molecule has 1 aromatic carbocycles. The summed E-state index contributed by atoms with van der Waals surface area (Å²) in [6, 6.07) is 6.13. The molecule has 2 heterocycles. The van der Waals surface area contributed by atoms with Crippen LogP contribution in [-0.2, 0) is 25.3 Å². The fraction of sp³-hybridized carbons (Fsp3) is 0.471. The quantitative estimate of drug-likeness (QED) is 0.640. The van der Waals surface area contributed by atoms with Crippen LogP contribution in [0.1, 0.15) is 33.3 Å². The van der Waals surface area contributed by atoms with Gasteiger partial charge in [0, 0.05) is 4.70 Å². The van der Waals surface area contributed by atoms with Crippen LogP contribution >= 0.6 is 11.3 Å². The van der Waals surface area contributed by atoms with E-state index in [4.69, 9.17) is 14.0 Å². The summed E-state index contributed by atoms with van der Waals surface area (Å²) >= 11 is 1.62. The Kier molecular flexibility index (Phi) is 4.03. The lowest BCUT2D eigenvalue weighted by Crippen LogP contribution is -2.41. The van der Waals surface area contributed by atoms with Gasteiger partial charge in [-0.15, -0.1) is 11.3 Å². The maximum Gasteiger partial charge on any atom is 0.494 e. The maximum atomic E-state index is 11.5. The van der Waals surface area contributed by atoms with E-state index in [-0.39, 0.29) is 24.3 Å². The minimum Gasteiger partial charge on any atom is -0.469 e. The van der Waals surface area contributed by atoms with Gasteiger partial charge in [-0.05, 0) is 55.6 Å². The highest BCUT2D eigenvalue weighted by Gasteiger charge is 2.51. The average Bonchev–Trinajstić information content (AvgIpc) is 2.97. The fourth-order valence-corrected chi connectivity index (χ4v) is 3.60. The number of fused-ring (bicyclic) bond motifs is 1. The second kappa shape index (κ2) is 5.62. The molecular weight excluding hydrogens is 311 g/mol. The minimum atomic E-state index is -0.365. The van der Waals surface area contributed by atoms with E-state index in [1.807, 2.05) is 45.2 Å². The average molecular weight is 332 g/mol. The fourth-order valence-electron chi connectivity index (χ4n) is 2.59. The Hall–Kier alpha value is -1.37. The van der Waals surface area contributed by atoms with E-state index in [9.17, 15) is 4.79 Å². The molecule has 0 aliphatic carbocycles. The van der Waals surface area contributed by atoms with Crippen molar-refractivity contribution in [3.8, 4) is 0 Å². The largest absolute Gasteiger partial charge is 0.494 e. The van der Waals surface area contributed by atoms with Crippen molar-refractivity contribution in [3.63, 3.8) is 0 Å². The highest BCUT2D eigenvalue weighted by Crippen LogP contribution is 2.37. The number of benzene rings is 1. The third-order valence-electron chi connectivity index (χ3n) is 4.77. The van der Waals surface area contributed by atoms with Crippen molar-refractivity contribution < 1.29 is 18.8 Å². The van der Waals surface area contributed by atoms with Crippen LogP contribution in [-0.4, -0.2) is 31.4 Å². The van der Waals surface area contributed by atoms with Crippen LogP contribution in [0, 0.1) is 0 Å². The predicted octanol–water partition coefficient (Wildman–Crippen LogP) is 2.92. The highest BCUT2D eigenvalue weighted by atomic mass is 32.1. The van der Waals surface area contributed by atoms with E-state index in [2.05, 4.69) is 6.07 Å². The van der Waals surface area contributed by atoms with Gasteiger partial charge in [-0.1, -0.05) is 12.1 Å². The van der Waals surface area contributed by atoms with Gasteiger partial charge in [0.25, 0.3) is 0 Å². The van der Waals surface area contributed by atoms with Crippen LogP contribution in [0.25, 0.3) is 10.1 Å². The van der Waals surface area contributed by atoms with Gasteiger partial charge in [-0.2, -0.15) is 0 Å². The van der Waals surface area contributed by atoms with Crippen molar-refractivity contribution in [1.29, 1.82) is 0 Å². The first-order valence-corrected chi connectivity index (χ1v) is 8.54. The molecule has 23 heavy (non-hydrogen) atoms. The minimum absolute atomic E-state index is 0.222. The van der Waals surface area contributed by atoms with Gasteiger partial charge in [0.2, 0.25) is 0 Å². The molecule has 6 heteroatoms. The molecule has 1 saturated heterocycles. The van der Waals surface area contributed by atoms with Gasteiger partial charge in [0.15, 0.2) is 0 Å². The lowest BCUT2D eigenvalue weighted by molar-refractivity contribution is -0.139. The molecule has 4 nitrogen and oxygen atoms in total. The standard InChI is InChI=1S/C17H21BO4S/c1-16(2)17(3,4)22-18(21-16)12-6-7-13-11(8-15(19)20-5)10-23-14(13)9-12/h6-7,9-10H,8H2,1-5H3. The van der Waals surface area contributed by atoms with Crippen molar-refractivity contribution in [3.05, 3.63) is 29.1 Å². The second-order valence-corrected chi connectivity index (χ2v) is 7.77. The number of thiophene rings is 1. The summed E-state index contributed by atoms with van der Waals surface area (Å²) < 4.78 is 18.1. The van der Waals surface area contributed by atoms with E-state index in [1.54, 1.807) is 11.3 Å². The predicted molar refractivity (Wildman–Crippen MR) is 93.3 cm³/mol. The Labute approximate surface area is 140 Å². The number of rotatable bonds is 3. The Morgan fingerprint density at radius 1 is 1.22 bits per heavy atom. The molecule has 1 aliphatic heterocycles. The molecule has 122 valence electrons. The molecule has 3 rings (SSSR count). The van der Waals surface area contributed by atoms with E-state index in [0.29, 0.717) is 6.42 Å². The van der Waals surface area contributed by atoms with Crippen LogP contribution in [0.2, 0.25) is 0 Å². The highest BCUT2D eigenvalue weighted by molar-refractivity contribution is 7.17. The Balaban J connectivity index is 1.89. The molecule has 0 N–H and O–H groups in total. The molecule has 1 aliphatic rings. The summed E-state index contributed by atoms with van der Waals surface area (Å²) in [5.74, 6) is -0.222. The first-order valence-electron chi connectivity index (χ1n) is 7.66. The Morgan fingerprint density at radius 3 is 2.48 bits per heavy atom. The molecule has 1 fully saturated rings. The summed E-state index contributed by atoms with van der Waals surface area (Å²) in [4.78, 5) is 11.5. The van der Waals surface area contributed by atoms with Crippen LogP contribution in [0.4, 0.5) is 0 Å². The summed E-state index contributed by atoms with van der Waals surface area (Å²) in [6.07, 6.45) is 0.298. The molecule has 0 unspecified atom stereocenters. The number of hydrogen-bond donors (Lipinski definition) is 0. The van der Waals surface area contributed by atoms with Crippen molar-refractivity contribution in [2.24, 2.45) is 0 Å². The van der Waals surface area contributed by atoms with E-state index >= 15 is 0 Å². The molecule has 0 bridgehead atoms. The molecule has 0 radical (unpaired) electrons. The van der Waals surface area contributed by atoms with Crippen molar-refractivity contribution in [2.75, 3.05) is 7.11 Å². The molecule has 0 spiro atoms. The topological polar surface area (TPSA) is 44.8 Å². The number of ether oxygens (including phenoxy) is 1. The number of methoxy groups -OCH3 is 1. The van der Waals surface area contributed by atoms with Gasteiger partial charge in [-0.25, -0.2) is 0 Å². The Morgan fingerprint density at radius 2 is 1.87 bits per heavy atom. The number of hydrogen-bond acceptors (Lipinski definition) is 5. The third kappa shape index (κ3) is 2.91. The summed E-state index contributed by atoms with van der Waals surface area (Å²) in [7, 11) is 1.04. The van der Waals surface area contributed by atoms with Crippen LogP contribution in [0.15, 0.2) is 23.6 Å². The maximum absolute atomic E-state index is 11.5. The monoisotopic (exact) mass is 332 g/mol. The number of esters is 1. The summed E-state index contributed by atoms with van der Waals surface area (Å²) in [5, 5.41) is 3.09. The molecular formula is C17H21BO4S. The van der Waals surface area contributed by atoms with Gasteiger partial charge in [-0.3, -0.25) is 4.79 Å². The smallest absolute Gasteiger partial charge is 0.469 e. The van der Waals surface area contributed by atoms with Gasteiger partial charge in [0.05, 0.1) is 24.7 Å². The van der Waals surface area contributed by atoms with Gasteiger partial charge in [0.1, 0.15) is 0 Å².